The van der Waals surface area contributed by atoms with Crippen LogP contribution >= 0.6 is 11.8 Å². The third-order valence-electron chi connectivity index (χ3n) is 4.54. The van der Waals surface area contributed by atoms with E-state index in [9.17, 15) is 9.59 Å². The summed E-state index contributed by atoms with van der Waals surface area (Å²) in [4.78, 5) is 26.7. The van der Waals surface area contributed by atoms with Crippen LogP contribution in [0.4, 0.5) is 0 Å². The molecule has 142 valence electrons. The number of morpholine rings is 1. The van der Waals surface area contributed by atoms with Gasteiger partial charge in [-0.3, -0.25) is 4.79 Å². The van der Waals surface area contributed by atoms with Crippen molar-refractivity contribution in [1.29, 1.82) is 0 Å². The van der Waals surface area contributed by atoms with Gasteiger partial charge in [0, 0.05) is 22.8 Å². The minimum atomic E-state index is -1.04. The van der Waals surface area contributed by atoms with Crippen LogP contribution in [0.3, 0.4) is 0 Å². The molecule has 1 unspecified atom stereocenters. The zero-order valence-electron chi connectivity index (χ0n) is 15.5. The van der Waals surface area contributed by atoms with Crippen molar-refractivity contribution >= 4 is 23.6 Å². The van der Waals surface area contributed by atoms with Gasteiger partial charge in [-0.15, -0.1) is 11.8 Å². The van der Waals surface area contributed by atoms with Gasteiger partial charge in [-0.05, 0) is 43.2 Å². The monoisotopic (exact) mass is 385 g/mol. The molecule has 5 nitrogen and oxygen atoms in total. The van der Waals surface area contributed by atoms with E-state index in [-0.39, 0.29) is 19.1 Å². The highest BCUT2D eigenvalue weighted by molar-refractivity contribution is 7.98. The summed E-state index contributed by atoms with van der Waals surface area (Å²) in [6.45, 7) is 4.90. The number of aryl methyl sites for hydroxylation is 2. The zero-order valence-corrected chi connectivity index (χ0v) is 16.3. The number of amides is 1. The van der Waals surface area contributed by atoms with Gasteiger partial charge in [-0.2, -0.15) is 0 Å². The van der Waals surface area contributed by atoms with Crippen molar-refractivity contribution in [3.8, 4) is 0 Å². The van der Waals surface area contributed by atoms with Crippen molar-refractivity contribution in [3.05, 3.63) is 64.7 Å². The van der Waals surface area contributed by atoms with Gasteiger partial charge in [-0.25, -0.2) is 4.79 Å². The van der Waals surface area contributed by atoms with Crippen LogP contribution in [0.5, 0.6) is 0 Å². The van der Waals surface area contributed by atoms with Crippen LogP contribution in [-0.4, -0.2) is 47.7 Å². The molecule has 0 aliphatic carbocycles. The number of thioether (sulfide) groups is 1. The maximum Gasteiger partial charge on any atom is 0.334 e. The molecule has 1 N–H and O–H groups in total. The number of carboxylic acids is 1. The highest BCUT2D eigenvalue weighted by atomic mass is 32.2. The van der Waals surface area contributed by atoms with Crippen molar-refractivity contribution in [2.75, 3.05) is 19.7 Å². The Balaban J connectivity index is 1.68. The highest BCUT2D eigenvalue weighted by Crippen LogP contribution is 2.27. The smallest absolute Gasteiger partial charge is 0.334 e. The number of ether oxygens (including phenoxy) is 1. The van der Waals surface area contributed by atoms with Crippen molar-refractivity contribution in [2.45, 2.75) is 30.6 Å². The molecule has 3 rings (SSSR count). The molecule has 1 amide bonds. The Morgan fingerprint density at radius 2 is 2.04 bits per heavy atom. The van der Waals surface area contributed by atoms with E-state index in [1.54, 1.807) is 22.7 Å². The fourth-order valence-corrected chi connectivity index (χ4v) is 4.05. The van der Waals surface area contributed by atoms with Crippen molar-refractivity contribution < 1.29 is 19.4 Å². The summed E-state index contributed by atoms with van der Waals surface area (Å²) in [5.74, 6) is -0.416. The Labute approximate surface area is 163 Å². The lowest BCUT2D eigenvalue weighted by atomic mass is 10.1. The molecular weight excluding hydrogens is 362 g/mol. The van der Waals surface area contributed by atoms with Gasteiger partial charge >= 0.3 is 5.97 Å². The third kappa shape index (κ3) is 4.90. The third-order valence-corrected chi connectivity index (χ3v) is 5.77. The summed E-state index contributed by atoms with van der Waals surface area (Å²) in [5, 5.41) is 9.11. The van der Waals surface area contributed by atoms with Crippen LogP contribution in [0.2, 0.25) is 0 Å². The summed E-state index contributed by atoms with van der Waals surface area (Å²) in [7, 11) is 0. The minimum absolute atomic E-state index is 0.0790. The van der Waals surface area contributed by atoms with Crippen LogP contribution in [0, 0.1) is 13.8 Å². The zero-order chi connectivity index (χ0) is 19.4. The molecule has 6 heteroatoms. The average Bonchev–Trinajstić information content (AvgIpc) is 2.68. The Bertz CT molecular complexity index is 852. The van der Waals surface area contributed by atoms with Gasteiger partial charge in [0.25, 0.3) is 5.91 Å². The number of hydrogen-bond acceptors (Lipinski definition) is 4. The lowest BCUT2D eigenvalue weighted by Gasteiger charge is -2.31. The number of rotatable bonds is 5. The first kappa shape index (κ1) is 19.5. The maximum absolute atomic E-state index is 12.8. The van der Waals surface area contributed by atoms with Gasteiger partial charge in [0.1, 0.15) is 0 Å². The molecule has 0 aromatic heterocycles. The molecule has 0 spiro atoms. The number of nitrogens with zero attached hydrogens (tertiary/aromatic N) is 1. The molecule has 1 heterocycles. The first-order valence-corrected chi connectivity index (χ1v) is 9.85. The van der Waals surface area contributed by atoms with E-state index in [0.29, 0.717) is 12.1 Å². The molecule has 1 saturated heterocycles. The molecule has 2 aromatic rings. The molecule has 27 heavy (non-hydrogen) atoms. The normalized spacial score (nSPS) is 17.0. The minimum Gasteiger partial charge on any atom is -0.479 e. The Morgan fingerprint density at radius 1 is 1.22 bits per heavy atom. The largest absolute Gasteiger partial charge is 0.479 e. The molecular formula is C21H23NO4S. The van der Waals surface area contributed by atoms with Crippen molar-refractivity contribution in [1.82, 2.24) is 4.90 Å². The lowest BCUT2D eigenvalue weighted by molar-refractivity contribution is -0.154. The molecule has 0 saturated carbocycles. The van der Waals surface area contributed by atoms with Gasteiger partial charge in [-0.1, -0.05) is 29.8 Å². The van der Waals surface area contributed by atoms with E-state index in [2.05, 4.69) is 32.0 Å². The van der Waals surface area contributed by atoms with Crippen LogP contribution < -0.4 is 0 Å². The molecule has 1 aliphatic heterocycles. The molecule has 2 aromatic carbocycles. The number of carboxylic acid groups (broad SMARTS) is 1. The predicted molar refractivity (Wildman–Crippen MR) is 105 cm³/mol. The number of hydrogen-bond donors (Lipinski definition) is 1. The second kappa shape index (κ2) is 8.59. The number of aliphatic carboxylic acids is 1. The molecule has 1 fully saturated rings. The summed E-state index contributed by atoms with van der Waals surface area (Å²) in [6.07, 6.45) is -0.953. The number of benzene rings is 2. The van der Waals surface area contributed by atoms with E-state index in [0.717, 1.165) is 11.3 Å². The second-order valence-corrected chi connectivity index (χ2v) is 7.72. The summed E-state index contributed by atoms with van der Waals surface area (Å²) >= 11 is 1.75. The van der Waals surface area contributed by atoms with Crippen molar-refractivity contribution in [3.63, 3.8) is 0 Å². The number of carbonyl (C=O) groups is 2. The standard InChI is InChI=1S/C21H23NO4S/c1-14-6-7-15(2)19(10-14)27-13-16-4-3-5-17(11-16)20(23)22-8-9-26-18(12-22)21(24)25/h3-7,10-11,18H,8-9,12-13H2,1-2H3,(H,24,25). The molecule has 1 atom stereocenters. The van der Waals surface area contributed by atoms with Gasteiger partial charge < -0.3 is 14.7 Å². The van der Waals surface area contributed by atoms with E-state index < -0.39 is 12.1 Å². The van der Waals surface area contributed by atoms with Gasteiger partial charge in [0.15, 0.2) is 6.10 Å². The van der Waals surface area contributed by atoms with E-state index >= 15 is 0 Å². The van der Waals surface area contributed by atoms with Crippen molar-refractivity contribution in [2.24, 2.45) is 0 Å². The molecule has 0 bridgehead atoms. The van der Waals surface area contributed by atoms with Gasteiger partial charge in [0.2, 0.25) is 0 Å². The van der Waals surface area contributed by atoms with E-state index in [1.807, 2.05) is 18.2 Å². The van der Waals surface area contributed by atoms with Crippen LogP contribution in [0.25, 0.3) is 0 Å². The van der Waals surface area contributed by atoms with E-state index in [4.69, 9.17) is 9.84 Å². The Kier molecular flexibility index (Phi) is 6.19. The topological polar surface area (TPSA) is 66.8 Å². The van der Waals surface area contributed by atoms with E-state index in [1.165, 1.54) is 16.0 Å². The molecule has 1 aliphatic rings. The summed E-state index contributed by atoms with van der Waals surface area (Å²) < 4.78 is 5.19. The Morgan fingerprint density at radius 3 is 2.81 bits per heavy atom. The SMILES string of the molecule is Cc1ccc(C)c(SCc2cccc(C(=O)N3CCOC(C(=O)O)C3)c2)c1. The summed E-state index contributed by atoms with van der Waals surface area (Å²) in [6, 6.07) is 14.0. The highest BCUT2D eigenvalue weighted by Gasteiger charge is 2.29. The summed E-state index contributed by atoms with van der Waals surface area (Å²) in [5.41, 5.74) is 4.12. The predicted octanol–water partition coefficient (Wildman–Crippen LogP) is 3.52. The van der Waals surface area contributed by atoms with Gasteiger partial charge in [0.05, 0.1) is 13.2 Å². The quantitative estimate of drug-likeness (QED) is 0.798. The maximum atomic E-state index is 12.8. The second-order valence-electron chi connectivity index (χ2n) is 6.71. The van der Waals surface area contributed by atoms with Crippen LogP contribution in [0.1, 0.15) is 27.0 Å². The lowest BCUT2D eigenvalue weighted by Crippen LogP contribution is -2.48. The average molecular weight is 385 g/mol. The number of carbonyl (C=O) groups excluding carboxylic acids is 1. The van der Waals surface area contributed by atoms with Crippen LogP contribution in [0.15, 0.2) is 47.4 Å². The molecule has 0 radical (unpaired) electrons. The fourth-order valence-electron chi connectivity index (χ4n) is 2.98. The Hall–Kier alpha value is -2.31. The first-order valence-electron chi connectivity index (χ1n) is 8.86. The fraction of sp³-hybridized carbons (Fsp3) is 0.333. The first-order chi connectivity index (χ1) is 12.9. The van der Waals surface area contributed by atoms with Crippen LogP contribution in [-0.2, 0) is 15.3 Å².